The molecule has 2 aromatic rings. The number of ether oxygens (including phenoxy) is 3. The normalized spacial score (nSPS) is 37.2. The molecule has 8 N–H and O–H groups in total. The van der Waals surface area contributed by atoms with E-state index in [1.165, 1.54) is 10.9 Å². The van der Waals surface area contributed by atoms with E-state index >= 15 is 0 Å². The summed E-state index contributed by atoms with van der Waals surface area (Å²) < 4.78 is 18.0. The third-order valence-corrected chi connectivity index (χ3v) is 6.50. The van der Waals surface area contributed by atoms with Crippen molar-refractivity contribution in [3.63, 3.8) is 0 Å². The molecule has 0 saturated carbocycles. The molecule has 0 amide bonds. The summed E-state index contributed by atoms with van der Waals surface area (Å²) in [5.74, 6) is 0. The summed E-state index contributed by atoms with van der Waals surface area (Å²) in [4.78, 5) is 17.1. The number of hydrogen-bond acceptors (Lipinski definition) is 13. The highest BCUT2D eigenvalue weighted by Crippen LogP contribution is 2.30. The summed E-state index contributed by atoms with van der Waals surface area (Å²) in [7, 11) is 0. The van der Waals surface area contributed by atoms with Crippen LogP contribution in [-0.2, 0) is 20.8 Å². The molecule has 10 atom stereocenters. The summed E-state index contributed by atoms with van der Waals surface area (Å²) in [5, 5.41) is 74.1. The minimum absolute atomic E-state index is 0.243. The highest BCUT2D eigenvalue weighted by atomic mass is 16.7. The van der Waals surface area contributed by atoms with Crippen molar-refractivity contribution in [3.05, 3.63) is 34.9 Å². The smallest absolute Gasteiger partial charge is 0.263 e. The number of nitrogens with one attached hydrogen (secondary N) is 1. The first-order chi connectivity index (χ1) is 17.2. The number of fused-ring (bicyclic) bond motifs is 1. The van der Waals surface area contributed by atoms with Gasteiger partial charge in [-0.05, 0) is 19.1 Å². The van der Waals surface area contributed by atoms with Crippen molar-refractivity contribution in [1.29, 1.82) is 0 Å². The van der Waals surface area contributed by atoms with Crippen LogP contribution in [0.5, 0.6) is 0 Å². The first-order valence-corrected chi connectivity index (χ1v) is 11.5. The van der Waals surface area contributed by atoms with E-state index in [0.717, 1.165) is 0 Å². The van der Waals surface area contributed by atoms with Crippen LogP contribution in [-0.4, -0.2) is 120 Å². The average molecular weight is 514 g/mol. The van der Waals surface area contributed by atoms with Crippen LogP contribution in [0.2, 0.25) is 0 Å². The fraction of sp³-hybridized carbons (Fsp3) is 0.636. The second kappa shape index (κ2) is 11.0. The predicted octanol–water partition coefficient (Wildman–Crippen LogP) is -3.55. The summed E-state index contributed by atoms with van der Waals surface area (Å²) >= 11 is 0. The molecular formula is C22H31N3O11. The summed E-state index contributed by atoms with van der Waals surface area (Å²) in [5.41, 5.74) is 0.371. The van der Waals surface area contributed by atoms with E-state index in [4.69, 9.17) is 14.2 Å². The predicted molar refractivity (Wildman–Crippen MR) is 122 cm³/mol. The maximum Gasteiger partial charge on any atom is 0.263 e. The maximum absolute atomic E-state index is 12.9. The number of rotatable bonds is 7. The lowest BCUT2D eigenvalue weighted by atomic mass is 9.96. The van der Waals surface area contributed by atoms with Gasteiger partial charge in [-0.3, -0.25) is 9.36 Å². The molecule has 3 heterocycles. The van der Waals surface area contributed by atoms with Crippen molar-refractivity contribution in [2.24, 2.45) is 0 Å². The Labute approximate surface area is 204 Å². The van der Waals surface area contributed by atoms with Crippen LogP contribution >= 0.6 is 0 Å². The molecule has 1 aromatic carbocycles. The zero-order valence-corrected chi connectivity index (χ0v) is 19.4. The molecule has 0 unspecified atom stereocenters. The SMILES string of the molecule is CCn1cnc2cccc(N[C@@H]3O[C@H](CO)[C@H](O[C@@H]4O[C@H](CO)[C@H](O)[C@H](O)[C@H]4O)[C@H](O)[C@H]3O)c2c1=O. The number of aromatic nitrogens is 2. The van der Waals surface area contributed by atoms with Crippen molar-refractivity contribution in [2.45, 2.75) is 74.8 Å². The van der Waals surface area contributed by atoms with Gasteiger partial charge in [0.1, 0.15) is 48.8 Å². The Morgan fingerprint density at radius 1 is 0.972 bits per heavy atom. The third kappa shape index (κ3) is 4.84. The molecule has 0 aliphatic carbocycles. The number of hydrogen-bond donors (Lipinski definition) is 8. The summed E-state index contributed by atoms with van der Waals surface area (Å²) in [6, 6.07) is 4.88. The van der Waals surface area contributed by atoms with E-state index in [9.17, 15) is 40.5 Å². The van der Waals surface area contributed by atoms with Gasteiger partial charge in [-0.2, -0.15) is 0 Å². The second-order valence-electron chi connectivity index (χ2n) is 8.74. The van der Waals surface area contributed by atoms with Crippen molar-refractivity contribution in [2.75, 3.05) is 18.5 Å². The van der Waals surface area contributed by atoms with Crippen LogP contribution in [0, 0.1) is 0 Å². The van der Waals surface area contributed by atoms with Gasteiger partial charge in [0, 0.05) is 6.54 Å². The third-order valence-electron chi connectivity index (χ3n) is 6.50. The van der Waals surface area contributed by atoms with Gasteiger partial charge < -0.3 is 55.3 Å². The molecule has 0 bridgehead atoms. The van der Waals surface area contributed by atoms with Crippen LogP contribution in [0.15, 0.2) is 29.3 Å². The lowest BCUT2D eigenvalue weighted by Gasteiger charge is -2.46. The Morgan fingerprint density at radius 2 is 1.69 bits per heavy atom. The van der Waals surface area contributed by atoms with Crippen molar-refractivity contribution >= 4 is 16.6 Å². The Balaban J connectivity index is 1.55. The second-order valence-corrected chi connectivity index (χ2v) is 8.74. The van der Waals surface area contributed by atoms with Gasteiger partial charge in [0.25, 0.3) is 5.56 Å². The summed E-state index contributed by atoms with van der Waals surface area (Å²) in [6.45, 7) is 0.813. The van der Waals surface area contributed by atoms with E-state index < -0.39 is 74.6 Å². The Hall–Kier alpha value is -2.24. The fourth-order valence-electron chi connectivity index (χ4n) is 4.41. The molecule has 0 spiro atoms. The molecule has 0 radical (unpaired) electrons. The van der Waals surface area contributed by atoms with Crippen LogP contribution in [0.4, 0.5) is 5.69 Å². The molecule has 1 aromatic heterocycles. The zero-order chi connectivity index (χ0) is 26.1. The Kier molecular flexibility index (Phi) is 8.21. The molecule has 200 valence electrons. The van der Waals surface area contributed by atoms with Crippen molar-refractivity contribution in [3.8, 4) is 0 Å². The van der Waals surface area contributed by atoms with Gasteiger partial charge in [0.05, 0.1) is 36.1 Å². The molecule has 2 fully saturated rings. The van der Waals surface area contributed by atoms with Crippen molar-refractivity contribution < 1.29 is 50.0 Å². The van der Waals surface area contributed by atoms with E-state index in [0.29, 0.717) is 12.1 Å². The lowest BCUT2D eigenvalue weighted by molar-refractivity contribution is -0.340. The number of aliphatic hydroxyl groups is 7. The summed E-state index contributed by atoms with van der Waals surface area (Å²) in [6.07, 6.45) is -13.8. The number of nitrogens with zero attached hydrogens (tertiary/aromatic N) is 2. The van der Waals surface area contributed by atoms with E-state index in [1.54, 1.807) is 25.1 Å². The number of aliphatic hydroxyl groups excluding tert-OH is 7. The highest BCUT2D eigenvalue weighted by Gasteiger charge is 2.50. The lowest BCUT2D eigenvalue weighted by Crippen LogP contribution is -2.65. The molecule has 14 heteroatoms. The monoisotopic (exact) mass is 513 g/mol. The number of anilines is 1. The molecule has 14 nitrogen and oxygen atoms in total. The van der Waals surface area contributed by atoms with Gasteiger partial charge in [-0.25, -0.2) is 4.98 Å². The molecule has 36 heavy (non-hydrogen) atoms. The zero-order valence-electron chi connectivity index (χ0n) is 19.4. The molecular weight excluding hydrogens is 482 g/mol. The van der Waals surface area contributed by atoms with Gasteiger partial charge in [0.2, 0.25) is 0 Å². The number of aryl methyl sites for hydroxylation is 1. The highest BCUT2D eigenvalue weighted by molar-refractivity contribution is 5.90. The maximum atomic E-state index is 12.9. The van der Waals surface area contributed by atoms with Crippen LogP contribution < -0.4 is 10.9 Å². The topological polar surface area (TPSA) is 216 Å². The van der Waals surface area contributed by atoms with Gasteiger partial charge in [-0.15, -0.1) is 0 Å². The van der Waals surface area contributed by atoms with E-state index in [-0.39, 0.29) is 16.6 Å². The fourth-order valence-corrected chi connectivity index (χ4v) is 4.41. The quantitative estimate of drug-likeness (QED) is 0.180. The Morgan fingerprint density at radius 3 is 2.36 bits per heavy atom. The van der Waals surface area contributed by atoms with Crippen LogP contribution in [0.3, 0.4) is 0 Å². The molecule has 4 rings (SSSR count). The molecule has 2 aliphatic rings. The van der Waals surface area contributed by atoms with Gasteiger partial charge in [-0.1, -0.05) is 6.07 Å². The standard InChI is InChI=1S/C22H31N3O11/c1-2-25-8-23-9-4-3-5-10(13(9)21(25)33)24-20-17(31)16(30)19(12(7-27)34-20)36-22-18(32)15(29)14(28)11(6-26)35-22/h3-5,8,11-12,14-20,22,24,26-32H,2,6-7H2,1H3/t11-,12-,14+,15+,16-,17-,18-,19+,20-,22+/m1/s1. The minimum Gasteiger partial charge on any atom is -0.394 e. The largest absolute Gasteiger partial charge is 0.394 e. The molecule has 2 saturated heterocycles. The Bertz CT molecular complexity index is 1100. The number of benzene rings is 1. The minimum atomic E-state index is -1.76. The van der Waals surface area contributed by atoms with E-state index in [2.05, 4.69) is 10.3 Å². The first kappa shape index (κ1) is 26.8. The first-order valence-electron chi connectivity index (χ1n) is 11.5. The van der Waals surface area contributed by atoms with Crippen molar-refractivity contribution in [1.82, 2.24) is 9.55 Å². The van der Waals surface area contributed by atoms with Gasteiger partial charge >= 0.3 is 0 Å². The van der Waals surface area contributed by atoms with E-state index in [1.807, 2.05) is 0 Å². The average Bonchev–Trinajstić information content (AvgIpc) is 2.88. The van der Waals surface area contributed by atoms with Crippen LogP contribution in [0.25, 0.3) is 10.9 Å². The molecule has 2 aliphatic heterocycles. The van der Waals surface area contributed by atoms with Gasteiger partial charge in [0.15, 0.2) is 12.5 Å². The van der Waals surface area contributed by atoms with Crippen LogP contribution in [0.1, 0.15) is 6.92 Å².